The van der Waals surface area contributed by atoms with Gasteiger partial charge in [-0.2, -0.15) is 0 Å². The Morgan fingerprint density at radius 1 is 1.04 bits per heavy atom. The number of aromatic nitrogens is 2. The third-order valence-corrected chi connectivity index (χ3v) is 3.82. The van der Waals surface area contributed by atoms with Gasteiger partial charge in [-0.1, -0.05) is 12.1 Å². The Morgan fingerprint density at radius 3 is 2.67 bits per heavy atom. The summed E-state index contributed by atoms with van der Waals surface area (Å²) in [6.45, 7) is 0. The van der Waals surface area contributed by atoms with Gasteiger partial charge in [0.25, 0.3) is 0 Å². The van der Waals surface area contributed by atoms with E-state index in [0.717, 1.165) is 10.9 Å². The highest BCUT2D eigenvalue weighted by molar-refractivity contribution is 6.00. The minimum absolute atomic E-state index is 0.0792. The average Bonchev–Trinajstić information content (AvgIpc) is 3.18. The summed E-state index contributed by atoms with van der Waals surface area (Å²) in [6.07, 6.45) is 1.58. The Kier molecular flexibility index (Phi) is 2.89. The first kappa shape index (κ1) is 14.0. The quantitative estimate of drug-likeness (QED) is 0.287. The lowest BCUT2D eigenvalue weighted by atomic mass is 10.2. The van der Waals surface area contributed by atoms with E-state index in [-0.39, 0.29) is 11.2 Å². The van der Waals surface area contributed by atoms with Crippen molar-refractivity contribution in [3.05, 3.63) is 48.3 Å². The van der Waals surface area contributed by atoms with Crippen LogP contribution < -0.4 is 4.74 Å². The zero-order valence-corrected chi connectivity index (χ0v) is 12.2. The number of nitrogens with one attached hydrogen (secondary N) is 2. The molecule has 4 rings (SSSR count). The van der Waals surface area contributed by atoms with E-state index in [1.165, 1.54) is 12.1 Å². The molecule has 7 nitrogen and oxygen atoms in total. The number of ether oxygens (including phenoxy) is 1. The minimum atomic E-state index is -0.658. The fourth-order valence-corrected chi connectivity index (χ4v) is 2.63. The molecular formula is C17H12N2O5. The Morgan fingerprint density at radius 2 is 1.83 bits per heavy atom. The molecule has 120 valence electrons. The number of para-hydroxylation sites is 1. The SMILES string of the molecule is O=C(Oc1c[nH]c2ccccc12)c1cc2cc(O)c(O)c(O)c2[nH]1. The van der Waals surface area contributed by atoms with E-state index >= 15 is 0 Å². The summed E-state index contributed by atoms with van der Waals surface area (Å²) >= 11 is 0. The number of H-pyrrole nitrogens is 2. The molecule has 0 aliphatic carbocycles. The second kappa shape index (κ2) is 4.95. The number of hydrogen-bond donors (Lipinski definition) is 5. The predicted molar refractivity (Wildman–Crippen MR) is 86.6 cm³/mol. The van der Waals surface area contributed by atoms with Crippen LogP contribution in [0.1, 0.15) is 10.5 Å². The van der Waals surface area contributed by atoms with Crippen molar-refractivity contribution >= 4 is 27.8 Å². The Balaban J connectivity index is 1.72. The number of phenols is 3. The van der Waals surface area contributed by atoms with Gasteiger partial charge in [0, 0.05) is 22.5 Å². The molecule has 2 aromatic heterocycles. The molecule has 4 aromatic rings. The predicted octanol–water partition coefficient (Wildman–Crippen LogP) is 2.99. The third-order valence-electron chi connectivity index (χ3n) is 3.82. The first-order valence-corrected chi connectivity index (χ1v) is 7.09. The van der Waals surface area contributed by atoms with Crippen LogP contribution in [0.2, 0.25) is 0 Å². The Labute approximate surface area is 134 Å². The van der Waals surface area contributed by atoms with Crippen molar-refractivity contribution in [2.24, 2.45) is 0 Å². The number of phenolic OH excluding ortho intramolecular Hbond substituents is 3. The number of carbonyl (C=O) groups is 1. The van der Waals surface area contributed by atoms with Gasteiger partial charge in [0.15, 0.2) is 17.2 Å². The maximum Gasteiger partial charge on any atom is 0.360 e. The maximum absolute atomic E-state index is 12.3. The lowest BCUT2D eigenvalue weighted by Gasteiger charge is -2.01. The molecule has 0 spiro atoms. The monoisotopic (exact) mass is 324 g/mol. The minimum Gasteiger partial charge on any atom is -0.504 e. The zero-order valence-electron chi connectivity index (χ0n) is 12.2. The Hall–Kier alpha value is -3.61. The molecule has 0 fully saturated rings. The maximum atomic E-state index is 12.3. The number of aromatic amines is 2. The van der Waals surface area contributed by atoms with Crippen molar-refractivity contribution in [1.29, 1.82) is 0 Å². The first-order chi connectivity index (χ1) is 11.5. The number of esters is 1. The van der Waals surface area contributed by atoms with Crippen LogP contribution in [-0.2, 0) is 0 Å². The van der Waals surface area contributed by atoms with Crippen LogP contribution in [0, 0.1) is 0 Å². The van der Waals surface area contributed by atoms with Crippen molar-refractivity contribution in [3.63, 3.8) is 0 Å². The van der Waals surface area contributed by atoms with E-state index in [4.69, 9.17) is 4.74 Å². The van der Waals surface area contributed by atoms with Crippen molar-refractivity contribution in [1.82, 2.24) is 9.97 Å². The number of benzene rings is 2. The molecule has 24 heavy (non-hydrogen) atoms. The van der Waals surface area contributed by atoms with Crippen molar-refractivity contribution in [2.75, 3.05) is 0 Å². The molecule has 7 heteroatoms. The molecule has 2 aromatic carbocycles. The van der Waals surface area contributed by atoms with Crippen LogP contribution in [-0.4, -0.2) is 31.3 Å². The second-order valence-corrected chi connectivity index (χ2v) is 5.33. The number of fused-ring (bicyclic) bond motifs is 2. The molecule has 5 N–H and O–H groups in total. The molecule has 0 amide bonds. The topological polar surface area (TPSA) is 119 Å². The van der Waals surface area contributed by atoms with E-state index in [9.17, 15) is 20.1 Å². The summed E-state index contributed by atoms with van der Waals surface area (Å²) in [6, 6.07) is 10.0. The zero-order chi connectivity index (χ0) is 16.8. The summed E-state index contributed by atoms with van der Waals surface area (Å²) in [4.78, 5) is 18.0. The molecule has 0 aliphatic heterocycles. The van der Waals surface area contributed by atoms with Gasteiger partial charge in [-0.05, 0) is 24.3 Å². The molecule has 2 heterocycles. The van der Waals surface area contributed by atoms with Crippen LogP contribution in [0.25, 0.3) is 21.8 Å². The smallest absolute Gasteiger partial charge is 0.360 e. The summed E-state index contributed by atoms with van der Waals surface area (Å²) in [5, 5.41) is 30.0. The fourth-order valence-electron chi connectivity index (χ4n) is 2.63. The van der Waals surface area contributed by atoms with Gasteiger partial charge in [0.2, 0.25) is 5.75 Å². The molecule has 0 bridgehead atoms. The van der Waals surface area contributed by atoms with Crippen molar-refractivity contribution in [2.45, 2.75) is 0 Å². The van der Waals surface area contributed by atoms with Gasteiger partial charge in [0.05, 0.1) is 5.52 Å². The van der Waals surface area contributed by atoms with Gasteiger partial charge in [-0.25, -0.2) is 4.79 Å². The highest BCUT2D eigenvalue weighted by Gasteiger charge is 2.18. The largest absolute Gasteiger partial charge is 0.504 e. The van der Waals surface area contributed by atoms with Crippen LogP contribution >= 0.6 is 0 Å². The number of hydrogen-bond acceptors (Lipinski definition) is 5. The highest BCUT2D eigenvalue weighted by Crippen LogP contribution is 2.41. The van der Waals surface area contributed by atoms with E-state index in [0.29, 0.717) is 11.1 Å². The first-order valence-electron chi connectivity index (χ1n) is 7.09. The molecule has 0 atom stereocenters. The van der Waals surface area contributed by atoms with Crippen LogP contribution in [0.4, 0.5) is 0 Å². The summed E-state index contributed by atoms with van der Waals surface area (Å²) in [5.41, 5.74) is 1.05. The Bertz CT molecular complexity index is 1090. The van der Waals surface area contributed by atoms with E-state index in [1.807, 2.05) is 24.3 Å². The lowest BCUT2D eigenvalue weighted by Crippen LogP contribution is -2.08. The van der Waals surface area contributed by atoms with Gasteiger partial charge < -0.3 is 30.0 Å². The number of aromatic hydroxyl groups is 3. The van der Waals surface area contributed by atoms with Gasteiger partial charge in [0.1, 0.15) is 5.69 Å². The van der Waals surface area contributed by atoms with E-state index < -0.39 is 23.2 Å². The molecular weight excluding hydrogens is 312 g/mol. The van der Waals surface area contributed by atoms with Gasteiger partial charge in [-0.15, -0.1) is 0 Å². The van der Waals surface area contributed by atoms with E-state index in [2.05, 4.69) is 9.97 Å². The van der Waals surface area contributed by atoms with E-state index in [1.54, 1.807) is 6.20 Å². The number of rotatable bonds is 2. The normalized spacial score (nSPS) is 11.2. The molecule has 0 unspecified atom stereocenters. The molecule has 0 radical (unpaired) electrons. The standard InChI is InChI=1S/C17H12N2O5/c20-12-6-8-5-11(19-14(8)16(22)15(12)21)17(23)24-13-7-18-10-4-2-1-3-9(10)13/h1-7,18-22H. The summed E-state index contributed by atoms with van der Waals surface area (Å²) in [5.74, 6) is -1.94. The summed E-state index contributed by atoms with van der Waals surface area (Å²) in [7, 11) is 0. The average molecular weight is 324 g/mol. The molecule has 0 saturated heterocycles. The van der Waals surface area contributed by atoms with Crippen molar-refractivity contribution < 1.29 is 24.9 Å². The molecule has 0 aliphatic rings. The lowest BCUT2D eigenvalue weighted by molar-refractivity contribution is 0.0732. The second-order valence-electron chi connectivity index (χ2n) is 5.33. The molecule has 0 saturated carbocycles. The van der Waals surface area contributed by atoms with Crippen LogP contribution in [0.5, 0.6) is 23.0 Å². The van der Waals surface area contributed by atoms with Gasteiger partial charge in [-0.3, -0.25) is 0 Å². The summed E-state index contributed by atoms with van der Waals surface area (Å²) < 4.78 is 5.38. The van der Waals surface area contributed by atoms with Crippen LogP contribution in [0.15, 0.2) is 42.6 Å². The highest BCUT2D eigenvalue weighted by atomic mass is 16.5. The van der Waals surface area contributed by atoms with Gasteiger partial charge >= 0.3 is 5.97 Å². The fraction of sp³-hybridized carbons (Fsp3) is 0. The number of carbonyl (C=O) groups excluding carboxylic acids is 1. The van der Waals surface area contributed by atoms with Crippen LogP contribution in [0.3, 0.4) is 0 Å². The van der Waals surface area contributed by atoms with Crippen molar-refractivity contribution in [3.8, 4) is 23.0 Å². The third kappa shape index (κ3) is 2.03.